The summed E-state index contributed by atoms with van der Waals surface area (Å²) in [6, 6.07) is 3.34. The first-order chi connectivity index (χ1) is 10.5. The van der Waals surface area contributed by atoms with E-state index in [-0.39, 0.29) is 5.92 Å². The van der Waals surface area contributed by atoms with E-state index in [1.165, 1.54) is 21.0 Å². The molecule has 2 aliphatic rings. The normalized spacial score (nSPS) is 25.0. The second-order valence-corrected chi connectivity index (χ2v) is 5.13. The number of ether oxygens (including phenoxy) is 5. The molecule has 3 rings (SSSR count). The van der Waals surface area contributed by atoms with Gasteiger partial charge >= 0.3 is 11.9 Å². The minimum atomic E-state index is -0.659. The van der Waals surface area contributed by atoms with Gasteiger partial charge in [-0.3, -0.25) is 9.59 Å². The maximum atomic E-state index is 11.3. The van der Waals surface area contributed by atoms with Crippen molar-refractivity contribution < 1.29 is 33.3 Å². The molecule has 7 heteroatoms. The van der Waals surface area contributed by atoms with Gasteiger partial charge in [0.25, 0.3) is 0 Å². The van der Waals surface area contributed by atoms with Crippen LogP contribution in [-0.4, -0.2) is 31.6 Å². The summed E-state index contributed by atoms with van der Waals surface area (Å²) in [5.74, 6) is 0.425. The molecule has 118 valence electrons. The highest BCUT2D eigenvalue weighted by molar-refractivity contribution is 5.71. The van der Waals surface area contributed by atoms with Crippen LogP contribution in [0.1, 0.15) is 31.7 Å². The molecule has 0 amide bonds. The second-order valence-electron chi connectivity index (χ2n) is 5.13. The standard InChI is InChI=1S/C15H16O7/c1-7(16)19-11-4-9(18-3)5-12-14(11)10-6-13(20-8(2)17)22-15(10)21-12/h4-5,10,13,15H,6H2,1-3H3. The number of rotatable bonds is 3. The molecular weight excluding hydrogens is 292 g/mol. The Morgan fingerprint density at radius 2 is 2.00 bits per heavy atom. The topological polar surface area (TPSA) is 80.3 Å². The first-order valence-corrected chi connectivity index (χ1v) is 6.87. The Morgan fingerprint density at radius 1 is 1.23 bits per heavy atom. The monoisotopic (exact) mass is 308 g/mol. The van der Waals surface area contributed by atoms with Crippen LogP contribution in [0.15, 0.2) is 12.1 Å². The molecule has 0 bridgehead atoms. The quantitative estimate of drug-likeness (QED) is 0.621. The van der Waals surface area contributed by atoms with Crippen molar-refractivity contribution in [2.45, 2.75) is 38.8 Å². The van der Waals surface area contributed by atoms with Crippen molar-refractivity contribution in [2.24, 2.45) is 0 Å². The minimum Gasteiger partial charge on any atom is -0.496 e. The summed E-state index contributed by atoms with van der Waals surface area (Å²) in [6.45, 7) is 2.65. The van der Waals surface area contributed by atoms with Gasteiger partial charge in [0.1, 0.15) is 17.2 Å². The Kier molecular flexibility index (Phi) is 3.66. The predicted octanol–water partition coefficient (Wildman–Crippen LogP) is 1.73. The Balaban J connectivity index is 1.92. The van der Waals surface area contributed by atoms with Gasteiger partial charge in [0.15, 0.2) is 0 Å². The molecule has 0 aliphatic carbocycles. The van der Waals surface area contributed by atoms with E-state index in [9.17, 15) is 9.59 Å². The fraction of sp³-hybridized carbons (Fsp3) is 0.467. The van der Waals surface area contributed by atoms with Gasteiger partial charge in [0.05, 0.1) is 13.0 Å². The Bertz CT molecular complexity index is 625. The number of hydrogen-bond donors (Lipinski definition) is 0. The molecular formula is C15H16O7. The molecule has 0 saturated carbocycles. The summed E-state index contributed by atoms with van der Waals surface area (Å²) in [5.41, 5.74) is 0.732. The maximum absolute atomic E-state index is 11.3. The van der Waals surface area contributed by atoms with E-state index in [1.54, 1.807) is 12.1 Å². The largest absolute Gasteiger partial charge is 0.496 e. The molecule has 0 N–H and O–H groups in total. The minimum absolute atomic E-state index is 0.167. The lowest BCUT2D eigenvalue weighted by Crippen LogP contribution is -2.19. The van der Waals surface area contributed by atoms with Crippen LogP contribution in [-0.2, 0) is 19.1 Å². The Morgan fingerprint density at radius 3 is 2.64 bits per heavy atom. The summed E-state index contributed by atoms with van der Waals surface area (Å²) in [5, 5.41) is 0. The van der Waals surface area contributed by atoms with E-state index in [0.29, 0.717) is 23.7 Å². The Labute approximate surface area is 127 Å². The van der Waals surface area contributed by atoms with E-state index in [0.717, 1.165) is 5.56 Å². The van der Waals surface area contributed by atoms with Crippen LogP contribution in [0.3, 0.4) is 0 Å². The van der Waals surface area contributed by atoms with Crippen LogP contribution < -0.4 is 14.2 Å². The van der Waals surface area contributed by atoms with Crippen LogP contribution in [0.5, 0.6) is 17.2 Å². The summed E-state index contributed by atoms with van der Waals surface area (Å²) in [4.78, 5) is 22.3. The van der Waals surface area contributed by atoms with Crippen molar-refractivity contribution in [3.8, 4) is 17.2 Å². The molecule has 1 fully saturated rings. The zero-order valence-electron chi connectivity index (χ0n) is 12.5. The molecule has 1 aromatic carbocycles. The SMILES string of the molecule is COc1cc(OC(C)=O)c2c(c1)OC1OC(OC(C)=O)CC21. The molecule has 22 heavy (non-hydrogen) atoms. The smallest absolute Gasteiger partial charge is 0.308 e. The molecule has 2 heterocycles. The van der Waals surface area contributed by atoms with Crippen molar-refractivity contribution in [1.29, 1.82) is 0 Å². The van der Waals surface area contributed by atoms with Gasteiger partial charge in [-0.1, -0.05) is 0 Å². The van der Waals surface area contributed by atoms with Crippen LogP contribution in [0.4, 0.5) is 0 Å². The molecule has 7 nitrogen and oxygen atoms in total. The first kappa shape index (κ1) is 14.6. The van der Waals surface area contributed by atoms with Crippen LogP contribution in [0, 0.1) is 0 Å². The fourth-order valence-electron chi connectivity index (χ4n) is 2.77. The summed E-state index contributed by atoms with van der Waals surface area (Å²) in [7, 11) is 1.52. The highest BCUT2D eigenvalue weighted by atomic mass is 16.8. The lowest BCUT2D eigenvalue weighted by Gasteiger charge is -2.14. The molecule has 3 atom stereocenters. The average molecular weight is 308 g/mol. The van der Waals surface area contributed by atoms with E-state index in [1.807, 2.05) is 0 Å². The third-order valence-corrected chi connectivity index (χ3v) is 3.54. The number of hydrogen-bond acceptors (Lipinski definition) is 7. The highest BCUT2D eigenvalue weighted by Crippen LogP contribution is 2.51. The second kappa shape index (κ2) is 5.49. The van der Waals surface area contributed by atoms with Gasteiger partial charge in [-0.25, -0.2) is 0 Å². The number of benzene rings is 1. The predicted molar refractivity (Wildman–Crippen MR) is 72.7 cm³/mol. The number of carbonyl (C=O) groups excluding carboxylic acids is 2. The molecule has 3 unspecified atom stereocenters. The third-order valence-electron chi connectivity index (χ3n) is 3.54. The molecule has 0 radical (unpaired) electrons. The number of esters is 2. The first-order valence-electron chi connectivity index (χ1n) is 6.87. The molecule has 0 spiro atoms. The summed E-state index contributed by atoms with van der Waals surface area (Å²) < 4.78 is 26.8. The van der Waals surface area contributed by atoms with Crippen molar-refractivity contribution in [3.63, 3.8) is 0 Å². The van der Waals surface area contributed by atoms with Gasteiger partial charge < -0.3 is 23.7 Å². The van der Waals surface area contributed by atoms with Gasteiger partial charge in [-0.05, 0) is 0 Å². The molecule has 1 aromatic rings. The fourth-order valence-corrected chi connectivity index (χ4v) is 2.77. The number of fused-ring (bicyclic) bond motifs is 3. The highest BCUT2D eigenvalue weighted by Gasteiger charge is 2.47. The van der Waals surface area contributed by atoms with Crippen LogP contribution in [0.25, 0.3) is 0 Å². The lowest BCUT2D eigenvalue weighted by molar-refractivity contribution is -0.188. The van der Waals surface area contributed by atoms with Gasteiger partial charge in [-0.15, -0.1) is 0 Å². The van der Waals surface area contributed by atoms with E-state index < -0.39 is 24.5 Å². The van der Waals surface area contributed by atoms with E-state index in [2.05, 4.69) is 0 Å². The summed E-state index contributed by atoms with van der Waals surface area (Å²) >= 11 is 0. The molecule has 0 aromatic heterocycles. The molecule has 1 saturated heterocycles. The van der Waals surface area contributed by atoms with Gasteiger partial charge in [0, 0.05) is 38.0 Å². The van der Waals surface area contributed by atoms with Crippen LogP contribution >= 0.6 is 0 Å². The maximum Gasteiger partial charge on any atom is 0.308 e. The van der Waals surface area contributed by atoms with Crippen molar-refractivity contribution >= 4 is 11.9 Å². The van der Waals surface area contributed by atoms with E-state index >= 15 is 0 Å². The van der Waals surface area contributed by atoms with Crippen molar-refractivity contribution in [2.75, 3.05) is 7.11 Å². The van der Waals surface area contributed by atoms with Crippen LogP contribution in [0.2, 0.25) is 0 Å². The van der Waals surface area contributed by atoms with Gasteiger partial charge in [-0.2, -0.15) is 0 Å². The average Bonchev–Trinajstić information content (AvgIpc) is 2.93. The van der Waals surface area contributed by atoms with Crippen molar-refractivity contribution in [1.82, 2.24) is 0 Å². The third kappa shape index (κ3) is 2.59. The summed E-state index contributed by atoms with van der Waals surface area (Å²) in [6.07, 6.45) is -0.786. The number of methoxy groups -OCH3 is 1. The van der Waals surface area contributed by atoms with Crippen molar-refractivity contribution in [3.05, 3.63) is 17.7 Å². The zero-order chi connectivity index (χ0) is 15.9. The Hall–Kier alpha value is -2.28. The van der Waals surface area contributed by atoms with E-state index in [4.69, 9.17) is 23.7 Å². The van der Waals surface area contributed by atoms with Gasteiger partial charge in [0.2, 0.25) is 12.6 Å². The lowest BCUT2D eigenvalue weighted by atomic mass is 9.97. The molecule has 2 aliphatic heterocycles. The number of carbonyl (C=O) groups is 2. The zero-order valence-corrected chi connectivity index (χ0v) is 12.5.